The van der Waals surface area contributed by atoms with Crippen molar-refractivity contribution >= 4 is 27.3 Å². The van der Waals surface area contributed by atoms with Crippen molar-refractivity contribution < 1.29 is 0 Å². The van der Waals surface area contributed by atoms with Gasteiger partial charge in [0.05, 0.1) is 6.33 Å². The summed E-state index contributed by atoms with van der Waals surface area (Å²) in [6.07, 6.45) is 4.44. The second-order valence-corrected chi connectivity index (χ2v) is 4.35. The van der Waals surface area contributed by atoms with E-state index < -0.39 is 0 Å². The molecule has 0 saturated heterocycles. The van der Waals surface area contributed by atoms with E-state index in [4.69, 9.17) is 5.73 Å². The number of hydrogen-bond acceptors (Lipinski definition) is 3. The molecule has 0 fully saturated rings. The van der Waals surface area contributed by atoms with Crippen molar-refractivity contribution in [1.29, 1.82) is 0 Å². The van der Waals surface area contributed by atoms with Crippen LogP contribution in [-0.4, -0.2) is 16.5 Å². The van der Waals surface area contributed by atoms with E-state index in [1.807, 2.05) is 24.4 Å². The Balaban J connectivity index is 1.90. The fourth-order valence-corrected chi connectivity index (χ4v) is 1.96. The summed E-state index contributed by atoms with van der Waals surface area (Å²) in [7, 11) is 0. The summed E-state index contributed by atoms with van der Waals surface area (Å²) in [5.74, 6) is 0. The highest BCUT2D eigenvalue weighted by Crippen LogP contribution is 2.24. The Bertz CT molecular complexity index is 453. The Hall–Kier alpha value is -1.49. The number of nitrogens with zero attached hydrogens (tertiary/aromatic N) is 1. The Morgan fingerprint density at radius 3 is 3.00 bits per heavy atom. The molecule has 2 rings (SSSR count). The fourth-order valence-electron chi connectivity index (χ4n) is 1.43. The molecule has 0 saturated carbocycles. The molecule has 1 aromatic carbocycles. The Kier molecular flexibility index (Phi) is 3.46. The smallest absolute Gasteiger partial charge is 0.0921 e. The van der Waals surface area contributed by atoms with Crippen LogP contribution in [0.15, 0.2) is 35.2 Å². The van der Waals surface area contributed by atoms with Gasteiger partial charge in [-0.15, -0.1) is 0 Å². The van der Waals surface area contributed by atoms with Gasteiger partial charge in [0.1, 0.15) is 0 Å². The standard InChI is InChI=1S/C11H13BrN4/c12-10-5-8(13)1-2-11(10)15-4-3-9-6-14-7-16-9/h1-2,5-7,15H,3-4,13H2,(H,14,16). The average Bonchev–Trinajstić information content (AvgIpc) is 2.74. The third-order valence-corrected chi connectivity index (χ3v) is 2.91. The molecular formula is C11H13BrN4. The highest BCUT2D eigenvalue weighted by molar-refractivity contribution is 9.10. The lowest BCUT2D eigenvalue weighted by Crippen LogP contribution is -2.05. The minimum Gasteiger partial charge on any atom is -0.399 e. The van der Waals surface area contributed by atoms with Crippen molar-refractivity contribution in [3.05, 3.63) is 40.9 Å². The van der Waals surface area contributed by atoms with Crippen molar-refractivity contribution in [1.82, 2.24) is 9.97 Å². The topological polar surface area (TPSA) is 66.7 Å². The highest BCUT2D eigenvalue weighted by atomic mass is 79.9. The molecule has 84 valence electrons. The second-order valence-electron chi connectivity index (χ2n) is 3.49. The van der Waals surface area contributed by atoms with Crippen LogP contribution in [0, 0.1) is 0 Å². The molecule has 0 atom stereocenters. The first-order valence-corrected chi connectivity index (χ1v) is 5.81. The number of imidazole rings is 1. The number of hydrogen-bond donors (Lipinski definition) is 3. The third kappa shape index (κ3) is 2.76. The first-order valence-electron chi connectivity index (χ1n) is 5.02. The minimum atomic E-state index is 0.756. The first-order chi connectivity index (χ1) is 7.75. The summed E-state index contributed by atoms with van der Waals surface area (Å²) in [6, 6.07) is 5.73. The fraction of sp³-hybridized carbons (Fsp3) is 0.182. The molecule has 0 aliphatic heterocycles. The van der Waals surface area contributed by atoms with Crippen LogP contribution in [0.3, 0.4) is 0 Å². The number of aromatic nitrogens is 2. The van der Waals surface area contributed by atoms with Gasteiger partial charge in [-0.05, 0) is 34.1 Å². The van der Waals surface area contributed by atoms with Gasteiger partial charge in [0, 0.05) is 40.7 Å². The van der Waals surface area contributed by atoms with Crippen molar-refractivity contribution in [2.45, 2.75) is 6.42 Å². The van der Waals surface area contributed by atoms with E-state index in [0.29, 0.717) is 0 Å². The molecule has 4 nitrogen and oxygen atoms in total. The number of anilines is 2. The number of H-pyrrole nitrogens is 1. The molecule has 0 bridgehead atoms. The summed E-state index contributed by atoms with van der Waals surface area (Å²) < 4.78 is 0.983. The predicted molar refractivity (Wildman–Crippen MR) is 69.3 cm³/mol. The maximum absolute atomic E-state index is 5.66. The van der Waals surface area contributed by atoms with Gasteiger partial charge in [0.15, 0.2) is 0 Å². The van der Waals surface area contributed by atoms with E-state index in [1.54, 1.807) is 6.33 Å². The molecule has 2 aromatic rings. The van der Waals surface area contributed by atoms with Crippen LogP contribution in [0.2, 0.25) is 0 Å². The third-order valence-electron chi connectivity index (χ3n) is 2.26. The minimum absolute atomic E-state index is 0.756. The lowest BCUT2D eigenvalue weighted by Gasteiger charge is -2.08. The van der Waals surface area contributed by atoms with Gasteiger partial charge >= 0.3 is 0 Å². The van der Waals surface area contributed by atoms with Gasteiger partial charge < -0.3 is 16.0 Å². The van der Waals surface area contributed by atoms with Crippen LogP contribution >= 0.6 is 15.9 Å². The Labute approximate surface area is 102 Å². The van der Waals surface area contributed by atoms with Gasteiger partial charge in [-0.25, -0.2) is 4.98 Å². The molecule has 1 aromatic heterocycles. The highest BCUT2D eigenvalue weighted by Gasteiger charge is 1.99. The number of benzene rings is 1. The first kappa shape index (κ1) is 11.0. The number of aromatic amines is 1. The normalized spacial score (nSPS) is 10.3. The molecule has 1 heterocycles. The van der Waals surface area contributed by atoms with Gasteiger partial charge in [-0.2, -0.15) is 0 Å². The summed E-state index contributed by atoms with van der Waals surface area (Å²) in [5, 5.41) is 3.33. The van der Waals surface area contributed by atoms with Crippen LogP contribution in [0.25, 0.3) is 0 Å². The van der Waals surface area contributed by atoms with Gasteiger partial charge in [-0.1, -0.05) is 0 Å². The molecule has 0 aliphatic carbocycles. The molecule has 0 spiro atoms. The maximum Gasteiger partial charge on any atom is 0.0921 e. The maximum atomic E-state index is 5.66. The summed E-state index contributed by atoms with van der Waals surface area (Å²) in [5.41, 5.74) is 8.59. The second kappa shape index (κ2) is 5.03. The average molecular weight is 281 g/mol. The monoisotopic (exact) mass is 280 g/mol. The predicted octanol–water partition coefficient (Wildman–Crippen LogP) is 2.41. The molecule has 0 aliphatic rings. The Morgan fingerprint density at radius 1 is 1.44 bits per heavy atom. The van der Waals surface area contributed by atoms with E-state index >= 15 is 0 Å². The lowest BCUT2D eigenvalue weighted by molar-refractivity contribution is 0.976. The van der Waals surface area contributed by atoms with Gasteiger partial charge in [0.2, 0.25) is 0 Å². The van der Waals surface area contributed by atoms with E-state index in [0.717, 1.165) is 34.5 Å². The lowest BCUT2D eigenvalue weighted by atomic mass is 10.2. The van der Waals surface area contributed by atoms with Crippen LogP contribution in [0.4, 0.5) is 11.4 Å². The number of nitrogen functional groups attached to an aromatic ring is 1. The van der Waals surface area contributed by atoms with Crippen LogP contribution < -0.4 is 11.1 Å². The van der Waals surface area contributed by atoms with Gasteiger partial charge in [0.25, 0.3) is 0 Å². The number of rotatable bonds is 4. The quantitative estimate of drug-likeness (QED) is 0.754. The van der Waals surface area contributed by atoms with Gasteiger partial charge in [-0.3, -0.25) is 0 Å². The van der Waals surface area contributed by atoms with Crippen LogP contribution in [0.5, 0.6) is 0 Å². The van der Waals surface area contributed by atoms with Crippen molar-refractivity contribution in [3.8, 4) is 0 Å². The Morgan fingerprint density at radius 2 is 2.31 bits per heavy atom. The van der Waals surface area contributed by atoms with Crippen LogP contribution in [-0.2, 0) is 6.42 Å². The molecule has 0 amide bonds. The van der Waals surface area contributed by atoms with Crippen molar-refractivity contribution in [3.63, 3.8) is 0 Å². The molecule has 4 N–H and O–H groups in total. The summed E-state index contributed by atoms with van der Waals surface area (Å²) in [6.45, 7) is 0.852. The SMILES string of the molecule is Nc1ccc(NCCc2cnc[nH]2)c(Br)c1. The molecule has 0 radical (unpaired) electrons. The number of halogens is 1. The van der Waals surface area contributed by atoms with Crippen LogP contribution in [0.1, 0.15) is 5.69 Å². The van der Waals surface area contributed by atoms with E-state index in [1.165, 1.54) is 0 Å². The van der Waals surface area contributed by atoms with E-state index in [9.17, 15) is 0 Å². The zero-order valence-corrected chi connectivity index (χ0v) is 10.3. The molecular weight excluding hydrogens is 268 g/mol. The molecule has 0 unspecified atom stereocenters. The van der Waals surface area contributed by atoms with E-state index in [2.05, 4.69) is 31.2 Å². The zero-order chi connectivity index (χ0) is 11.4. The number of nitrogens with two attached hydrogens (primary N) is 1. The summed E-state index contributed by atoms with van der Waals surface area (Å²) in [4.78, 5) is 7.03. The number of nitrogens with one attached hydrogen (secondary N) is 2. The zero-order valence-electron chi connectivity index (χ0n) is 8.70. The van der Waals surface area contributed by atoms with E-state index in [-0.39, 0.29) is 0 Å². The largest absolute Gasteiger partial charge is 0.399 e. The molecule has 5 heteroatoms. The molecule has 16 heavy (non-hydrogen) atoms. The summed E-state index contributed by atoms with van der Waals surface area (Å²) >= 11 is 3.46. The van der Waals surface area contributed by atoms with Crippen molar-refractivity contribution in [2.75, 3.05) is 17.6 Å². The van der Waals surface area contributed by atoms with Crippen molar-refractivity contribution in [2.24, 2.45) is 0 Å².